The summed E-state index contributed by atoms with van der Waals surface area (Å²) in [5, 5.41) is 3.43. The van der Waals surface area contributed by atoms with Crippen LogP contribution in [-0.2, 0) is 0 Å². The van der Waals surface area contributed by atoms with Gasteiger partial charge < -0.3 is 15.5 Å². The molecule has 0 radical (unpaired) electrons. The SMILES string of the molecule is C/C=C/CCNC(CN)c1ccc(C2CC2C)o1. The molecule has 0 aliphatic heterocycles. The van der Waals surface area contributed by atoms with Gasteiger partial charge in [0.05, 0.1) is 6.04 Å². The fraction of sp³-hybridized carbons (Fsp3) is 0.600. The molecular weight excluding hydrogens is 224 g/mol. The van der Waals surface area contributed by atoms with Gasteiger partial charge in [0.1, 0.15) is 11.5 Å². The van der Waals surface area contributed by atoms with Crippen LogP contribution in [0.2, 0.25) is 0 Å². The Hall–Kier alpha value is -1.06. The molecule has 1 fully saturated rings. The summed E-state index contributed by atoms with van der Waals surface area (Å²) in [6.45, 7) is 5.81. The van der Waals surface area contributed by atoms with E-state index in [4.69, 9.17) is 10.2 Å². The predicted molar refractivity (Wildman–Crippen MR) is 74.5 cm³/mol. The van der Waals surface area contributed by atoms with Crippen LogP contribution in [0.15, 0.2) is 28.7 Å². The maximum Gasteiger partial charge on any atom is 0.122 e. The molecule has 0 amide bonds. The lowest BCUT2D eigenvalue weighted by molar-refractivity contribution is 0.396. The van der Waals surface area contributed by atoms with Crippen molar-refractivity contribution in [1.82, 2.24) is 5.32 Å². The Labute approximate surface area is 109 Å². The summed E-state index contributed by atoms with van der Waals surface area (Å²) in [6.07, 6.45) is 6.51. The van der Waals surface area contributed by atoms with E-state index in [0.29, 0.717) is 12.5 Å². The van der Waals surface area contributed by atoms with Gasteiger partial charge in [-0.2, -0.15) is 0 Å². The highest BCUT2D eigenvalue weighted by Crippen LogP contribution is 2.47. The summed E-state index contributed by atoms with van der Waals surface area (Å²) in [4.78, 5) is 0. The van der Waals surface area contributed by atoms with E-state index in [-0.39, 0.29) is 6.04 Å². The first-order valence-corrected chi connectivity index (χ1v) is 6.90. The Morgan fingerprint density at radius 1 is 1.56 bits per heavy atom. The second-order valence-electron chi connectivity index (χ2n) is 5.16. The molecule has 0 spiro atoms. The van der Waals surface area contributed by atoms with Crippen molar-refractivity contribution in [3.05, 3.63) is 35.8 Å². The summed E-state index contributed by atoms with van der Waals surface area (Å²) in [5.41, 5.74) is 5.81. The molecule has 1 heterocycles. The van der Waals surface area contributed by atoms with Crippen LogP contribution in [0.5, 0.6) is 0 Å². The third kappa shape index (κ3) is 3.24. The van der Waals surface area contributed by atoms with Crippen LogP contribution in [0.25, 0.3) is 0 Å². The highest BCUT2D eigenvalue weighted by Gasteiger charge is 2.36. The largest absolute Gasteiger partial charge is 0.464 e. The van der Waals surface area contributed by atoms with Crippen LogP contribution >= 0.6 is 0 Å². The normalized spacial score (nSPS) is 24.6. The fourth-order valence-corrected chi connectivity index (χ4v) is 2.28. The number of furan rings is 1. The minimum atomic E-state index is 0.137. The number of nitrogens with two attached hydrogens (primary N) is 1. The summed E-state index contributed by atoms with van der Waals surface area (Å²) < 4.78 is 5.93. The minimum Gasteiger partial charge on any atom is -0.464 e. The Balaban J connectivity index is 1.88. The molecule has 18 heavy (non-hydrogen) atoms. The molecule has 0 saturated heterocycles. The van der Waals surface area contributed by atoms with Gasteiger partial charge in [-0.1, -0.05) is 19.1 Å². The van der Waals surface area contributed by atoms with Gasteiger partial charge in [-0.15, -0.1) is 0 Å². The summed E-state index contributed by atoms with van der Waals surface area (Å²) >= 11 is 0. The first kappa shape index (κ1) is 13.4. The Bertz CT molecular complexity index is 397. The summed E-state index contributed by atoms with van der Waals surface area (Å²) in [6, 6.07) is 4.32. The van der Waals surface area contributed by atoms with E-state index in [1.165, 1.54) is 6.42 Å². The van der Waals surface area contributed by atoms with Gasteiger partial charge in [-0.05, 0) is 44.4 Å². The number of allylic oxidation sites excluding steroid dienone is 1. The monoisotopic (exact) mass is 248 g/mol. The number of rotatable bonds is 7. The third-order valence-electron chi connectivity index (χ3n) is 3.64. The Morgan fingerprint density at radius 2 is 2.33 bits per heavy atom. The van der Waals surface area contributed by atoms with Crippen molar-refractivity contribution in [2.75, 3.05) is 13.1 Å². The van der Waals surface area contributed by atoms with Gasteiger partial charge in [0.25, 0.3) is 0 Å². The smallest absolute Gasteiger partial charge is 0.122 e. The molecule has 1 aromatic rings. The van der Waals surface area contributed by atoms with Gasteiger partial charge in [0.2, 0.25) is 0 Å². The zero-order valence-electron chi connectivity index (χ0n) is 11.4. The van der Waals surface area contributed by atoms with Gasteiger partial charge in [0, 0.05) is 12.5 Å². The van der Waals surface area contributed by atoms with Crippen molar-refractivity contribution < 1.29 is 4.42 Å². The van der Waals surface area contributed by atoms with E-state index < -0.39 is 0 Å². The lowest BCUT2D eigenvalue weighted by atomic mass is 10.2. The van der Waals surface area contributed by atoms with Crippen molar-refractivity contribution in [1.29, 1.82) is 0 Å². The quantitative estimate of drug-likeness (QED) is 0.576. The maximum atomic E-state index is 5.93. The lowest BCUT2D eigenvalue weighted by Crippen LogP contribution is -2.28. The second kappa shape index (κ2) is 6.21. The molecule has 3 unspecified atom stereocenters. The average molecular weight is 248 g/mol. The minimum absolute atomic E-state index is 0.137. The molecule has 1 aliphatic carbocycles. The van der Waals surface area contributed by atoms with Crippen LogP contribution < -0.4 is 11.1 Å². The van der Waals surface area contributed by atoms with Crippen LogP contribution in [0.3, 0.4) is 0 Å². The first-order chi connectivity index (χ1) is 8.76. The third-order valence-corrected chi connectivity index (χ3v) is 3.64. The van der Waals surface area contributed by atoms with E-state index in [1.807, 2.05) is 6.92 Å². The molecular formula is C15H24N2O. The Morgan fingerprint density at radius 3 is 2.94 bits per heavy atom. The van der Waals surface area contributed by atoms with Gasteiger partial charge in [-0.25, -0.2) is 0 Å². The molecule has 1 saturated carbocycles. The molecule has 1 aromatic heterocycles. The summed E-state index contributed by atoms with van der Waals surface area (Å²) in [7, 11) is 0. The molecule has 3 N–H and O–H groups in total. The number of hydrogen-bond acceptors (Lipinski definition) is 3. The molecule has 0 aromatic carbocycles. The molecule has 100 valence electrons. The second-order valence-corrected chi connectivity index (χ2v) is 5.16. The van der Waals surface area contributed by atoms with Crippen molar-refractivity contribution in [2.45, 2.75) is 38.6 Å². The maximum absolute atomic E-state index is 5.93. The molecule has 3 heteroatoms. The van der Waals surface area contributed by atoms with Gasteiger partial charge in [-0.3, -0.25) is 0 Å². The zero-order chi connectivity index (χ0) is 13.0. The highest BCUT2D eigenvalue weighted by molar-refractivity contribution is 5.19. The van der Waals surface area contributed by atoms with E-state index in [2.05, 4.69) is 36.5 Å². The molecule has 3 atom stereocenters. The molecule has 3 nitrogen and oxygen atoms in total. The number of nitrogens with one attached hydrogen (secondary N) is 1. The van der Waals surface area contributed by atoms with Crippen molar-refractivity contribution in [3.63, 3.8) is 0 Å². The molecule has 2 rings (SSSR count). The first-order valence-electron chi connectivity index (χ1n) is 6.90. The topological polar surface area (TPSA) is 51.2 Å². The van der Waals surface area contributed by atoms with Gasteiger partial charge >= 0.3 is 0 Å². The van der Waals surface area contributed by atoms with Crippen molar-refractivity contribution in [3.8, 4) is 0 Å². The average Bonchev–Trinajstić information content (AvgIpc) is 2.92. The lowest BCUT2D eigenvalue weighted by Gasteiger charge is -2.13. The number of hydrogen-bond donors (Lipinski definition) is 2. The standard InChI is InChI=1S/C15H24N2O/c1-3-4-5-8-17-13(10-16)15-7-6-14(18-15)12-9-11(12)2/h3-4,6-7,11-13,17H,5,8-10,16H2,1-2H3/b4-3+. The van der Waals surface area contributed by atoms with E-state index in [0.717, 1.165) is 30.4 Å². The van der Waals surface area contributed by atoms with Gasteiger partial charge in [0.15, 0.2) is 0 Å². The zero-order valence-corrected chi connectivity index (χ0v) is 11.4. The molecule has 1 aliphatic rings. The predicted octanol–water partition coefficient (Wildman–Crippen LogP) is 2.96. The van der Waals surface area contributed by atoms with E-state index in [1.54, 1.807) is 0 Å². The highest BCUT2D eigenvalue weighted by atomic mass is 16.3. The van der Waals surface area contributed by atoms with Crippen LogP contribution in [0, 0.1) is 5.92 Å². The van der Waals surface area contributed by atoms with Crippen LogP contribution in [0.4, 0.5) is 0 Å². The Kier molecular flexibility index (Phi) is 4.61. The van der Waals surface area contributed by atoms with Crippen molar-refractivity contribution >= 4 is 0 Å². The fourth-order valence-electron chi connectivity index (χ4n) is 2.28. The molecule has 0 bridgehead atoms. The van der Waals surface area contributed by atoms with Crippen molar-refractivity contribution in [2.24, 2.45) is 11.7 Å². The van der Waals surface area contributed by atoms with Crippen LogP contribution in [0.1, 0.15) is 50.2 Å². The van der Waals surface area contributed by atoms with Crippen LogP contribution in [-0.4, -0.2) is 13.1 Å². The van der Waals surface area contributed by atoms with E-state index in [9.17, 15) is 0 Å². The summed E-state index contributed by atoms with van der Waals surface area (Å²) in [5.74, 6) is 3.53. The van der Waals surface area contributed by atoms with E-state index >= 15 is 0 Å².